The van der Waals surface area contributed by atoms with E-state index < -0.39 is 0 Å². The molecule has 1 amide bonds. The number of rotatable bonds is 7. The fourth-order valence-corrected chi connectivity index (χ4v) is 4.33. The molecular weight excluding hydrogens is 450 g/mol. The standard InChI is InChI=1S/C30H29N3O3/c1-19(2)22-9-11-23(12-10-22)27-16-25(24-6-4-5-7-26(24)32-27)30(34)33-31-17-20(3)14-21-8-13-28-29(15-21)36-18-35-28/h4-13,15-17,19-20H,14,18H2,1-3H3,(H,33,34). The van der Waals surface area contributed by atoms with Crippen LogP contribution in [0.2, 0.25) is 0 Å². The summed E-state index contributed by atoms with van der Waals surface area (Å²) in [6.45, 7) is 6.65. The van der Waals surface area contributed by atoms with Gasteiger partial charge in [-0.15, -0.1) is 0 Å². The quantitative estimate of drug-likeness (QED) is 0.248. The van der Waals surface area contributed by atoms with Crippen LogP contribution in [-0.4, -0.2) is 23.9 Å². The minimum atomic E-state index is -0.264. The summed E-state index contributed by atoms with van der Waals surface area (Å²) in [4.78, 5) is 18.0. The van der Waals surface area contributed by atoms with Gasteiger partial charge in [0.15, 0.2) is 11.5 Å². The fourth-order valence-electron chi connectivity index (χ4n) is 4.33. The Bertz CT molecular complexity index is 1430. The third-order valence-corrected chi connectivity index (χ3v) is 6.32. The normalized spacial score (nSPS) is 13.4. The number of aromatic nitrogens is 1. The predicted molar refractivity (Wildman–Crippen MR) is 143 cm³/mol. The predicted octanol–water partition coefficient (Wildman–Crippen LogP) is 6.35. The molecule has 0 spiro atoms. The lowest BCUT2D eigenvalue weighted by Crippen LogP contribution is -2.19. The zero-order valence-corrected chi connectivity index (χ0v) is 20.7. The van der Waals surface area contributed by atoms with Gasteiger partial charge in [0.1, 0.15) is 0 Å². The van der Waals surface area contributed by atoms with Crippen molar-refractivity contribution in [2.75, 3.05) is 6.79 Å². The third-order valence-electron chi connectivity index (χ3n) is 6.32. The van der Waals surface area contributed by atoms with E-state index in [1.54, 1.807) is 6.21 Å². The van der Waals surface area contributed by atoms with Crippen molar-refractivity contribution in [3.8, 4) is 22.8 Å². The Balaban J connectivity index is 1.33. The van der Waals surface area contributed by atoms with E-state index in [-0.39, 0.29) is 18.6 Å². The maximum atomic E-state index is 13.2. The number of nitrogens with one attached hydrogen (secondary N) is 1. The zero-order chi connectivity index (χ0) is 25.1. The number of benzene rings is 3. The molecule has 0 radical (unpaired) electrons. The van der Waals surface area contributed by atoms with Crippen molar-refractivity contribution < 1.29 is 14.3 Å². The molecule has 1 aliphatic heterocycles. The SMILES string of the molecule is CC(C=NNC(=O)c1cc(-c2ccc(C(C)C)cc2)nc2ccccc12)Cc1ccc2c(c1)OCO2. The van der Waals surface area contributed by atoms with Crippen molar-refractivity contribution in [1.82, 2.24) is 10.4 Å². The van der Waals surface area contributed by atoms with Gasteiger partial charge in [0.05, 0.1) is 16.8 Å². The monoisotopic (exact) mass is 479 g/mol. The molecule has 1 N–H and O–H groups in total. The number of nitrogens with zero attached hydrogens (tertiary/aromatic N) is 2. The first-order valence-corrected chi connectivity index (χ1v) is 12.2. The van der Waals surface area contributed by atoms with Gasteiger partial charge in [0, 0.05) is 17.2 Å². The van der Waals surface area contributed by atoms with Crippen LogP contribution in [0.15, 0.2) is 77.9 Å². The number of carbonyl (C=O) groups is 1. The van der Waals surface area contributed by atoms with Crippen molar-refractivity contribution in [1.29, 1.82) is 0 Å². The first kappa shape index (κ1) is 23.5. The molecule has 1 aliphatic rings. The number of hydrogen-bond acceptors (Lipinski definition) is 5. The van der Waals surface area contributed by atoms with E-state index in [2.05, 4.69) is 55.6 Å². The van der Waals surface area contributed by atoms with Crippen LogP contribution < -0.4 is 14.9 Å². The van der Waals surface area contributed by atoms with Gasteiger partial charge in [-0.25, -0.2) is 10.4 Å². The van der Waals surface area contributed by atoms with Crippen LogP contribution >= 0.6 is 0 Å². The van der Waals surface area contributed by atoms with E-state index in [1.165, 1.54) is 5.56 Å². The molecule has 5 rings (SSSR count). The number of fused-ring (bicyclic) bond motifs is 2. The number of hydrazone groups is 1. The molecule has 3 aromatic carbocycles. The van der Waals surface area contributed by atoms with Crippen molar-refractivity contribution in [2.45, 2.75) is 33.1 Å². The van der Waals surface area contributed by atoms with Gasteiger partial charge >= 0.3 is 0 Å². The molecule has 182 valence electrons. The number of amides is 1. The van der Waals surface area contributed by atoms with E-state index in [0.29, 0.717) is 11.5 Å². The van der Waals surface area contributed by atoms with Crippen LogP contribution in [0.25, 0.3) is 22.2 Å². The minimum absolute atomic E-state index is 0.120. The van der Waals surface area contributed by atoms with Gasteiger partial charge in [-0.05, 0) is 53.6 Å². The Labute approximate surface area is 211 Å². The molecule has 36 heavy (non-hydrogen) atoms. The zero-order valence-electron chi connectivity index (χ0n) is 20.7. The van der Waals surface area contributed by atoms with Gasteiger partial charge in [-0.1, -0.05) is 69.3 Å². The van der Waals surface area contributed by atoms with Gasteiger partial charge in [0.25, 0.3) is 5.91 Å². The molecule has 0 saturated heterocycles. The van der Waals surface area contributed by atoms with Crippen LogP contribution in [0.4, 0.5) is 0 Å². The van der Waals surface area contributed by atoms with Crippen molar-refractivity contribution in [3.05, 3.63) is 89.5 Å². The fraction of sp³-hybridized carbons (Fsp3) is 0.233. The summed E-state index contributed by atoms with van der Waals surface area (Å²) in [5.74, 6) is 1.85. The van der Waals surface area contributed by atoms with Gasteiger partial charge in [-0.3, -0.25) is 4.79 Å². The van der Waals surface area contributed by atoms with Gasteiger partial charge in [-0.2, -0.15) is 5.10 Å². The number of ether oxygens (including phenoxy) is 2. The number of carbonyl (C=O) groups excluding carboxylic acids is 1. The second-order valence-electron chi connectivity index (χ2n) is 9.44. The summed E-state index contributed by atoms with van der Waals surface area (Å²) in [5.41, 5.74) is 8.15. The van der Waals surface area contributed by atoms with Crippen LogP contribution in [0.5, 0.6) is 11.5 Å². The highest BCUT2D eigenvalue weighted by Crippen LogP contribution is 2.33. The number of hydrogen-bond donors (Lipinski definition) is 1. The summed E-state index contributed by atoms with van der Waals surface area (Å²) in [7, 11) is 0. The number of para-hydroxylation sites is 1. The summed E-state index contributed by atoms with van der Waals surface area (Å²) in [5, 5.41) is 5.05. The molecule has 2 heterocycles. The highest BCUT2D eigenvalue weighted by Gasteiger charge is 2.15. The van der Waals surface area contributed by atoms with E-state index in [9.17, 15) is 4.79 Å². The Hall–Kier alpha value is -4.19. The largest absolute Gasteiger partial charge is 0.454 e. The van der Waals surface area contributed by atoms with Crippen LogP contribution in [0, 0.1) is 5.92 Å². The van der Waals surface area contributed by atoms with Crippen molar-refractivity contribution >= 4 is 23.0 Å². The molecule has 0 saturated carbocycles. The average molecular weight is 480 g/mol. The lowest BCUT2D eigenvalue weighted by Gasteiger charge is -2.11. The molecule has 1 aromatic heterocycles. The minimum Gasteiger partial charge on any atom is -0.454 e. The maximum Gasteiger partial charge on any atom is 0.272 e. The molecule has 6 nitrogen and oxygen atoms in total. The second-order valence-corrected chi connectivity index (χ2v) is 9.44. The maximum absolute atomic E-state index is 13.2. The molecule has 4 aromatic rings. The van der Waals surface area contributed by atoms with Crippen LogP contribution in [-0.2, 0) is 6.42 Å². The molecule has 0 fully saturated rings. The molecule has 0 aliphatic carbocycles. The Morgan fingerprint density at radius 3 is 2.58 bits per heavy atom. The van der Waals surface area contributed by atoms with Crippen molar-refractivity contribution in [3.63, 3.8) is 0 Å². The van der Waals surface area contributed by atoms with Gasteiger partial charge in [0.2, 0.25) is 6.79 Å². The lowest BCUT2D eigenvalue weighted by molar-refractivity contribution is 0.0956. The van der Waals surface area contributed by atoms with Crippen LogP contribution in [0.3, 0.4) is 0 Å². The highest BCUT2D eigenvalue weighted by atomic mass is 16.7. The van der Waals surface area contributed by atoms with Crippen LogP contribution in [0.1, 0.15) is 48.2 Å². The first-order valence-electron chi connectivity index (χ1n) is 12.2. The summed E-state index contributed by atoms with van der Waals surface area (Å²) in [6, 6.07) is 23.8. The first-order chi connectivity index (χ1) is 17.5. The topological polar surface area (TPSA) is 72.8 Å². The summed E-state index contributed by atoms with van der Waals surface area (Å²) in [6.07, 6.45) is 2.53. The van der Waals surface area contributed by atoms with E-state index in [4.69, 9.17) is 14.5 Å². The third kappa shape index (κ3) is 5.08. The number of pyridine rings is 1. The Morgan fingerprint density at radius 2 is 1.78 bits per heavy atom. The molecule has 6 heteroatoms. The summed E-state index contributed by atoms with van der Waals surface area (Å²) >= 11 is 0. The average Bonchev–Trinajstić information content (AvgIpc) is 3.36. The smallest absolute Gasteiger partial charge is 0.272 e. The Kier molecular flexibility index (Phi) is 6.67. The molecule has 0 bridgehead atoms. The summed E-state index contributed by atoms with van der Waals surface area (Å²) < 4.78 is 10.8. The lowest BCUT2D eigenvalue weighted by atomic mass is 9.99. The molecule has 1 unspecified atom stereocenters. The highest BCUT2D eigenvalue weighted by molar-refractivity contribution is 6.07. The molecule has 1 atom stereocenters. The Morgan fingerprint density at radius 1 is 1.00 bits per heavy atom. The molecular formula is C30H29N3O3. The van der Waals surface area contributed by atoms with E-state index in [0.717, 1.165) is 45.6 Å². The van der Waals surface area contributed by atoms with E-state index >= 15 is 0 Å². The van der Waals surface area contributed by atoms with Crippen molar-refractivity contribution in [2.24, 2.45) is 11.0 Å². The second kappa shape index (κ2) is 10.2. The van der Waals surface area contributed by atoms with E-state index in [1.807, 2.05) is 48.5 Å². The van der Waals surface area contributed by atoms with Gasteiger partial charge < -0.3 is 9.47 Å².